The van der Waals surface area contributed by atoms with Crippen LogP contribution in [0.4, 0.5) is 5.82 Å². The highest BCUT2D eigenvalue weighted by molar-refractivity contribution is 6.32. The number of hydrogen-bond acceptors (Lipinski definition) is 3. The summed E-state index contributed by atoms with van der Waals surface area (Å²) < 4.78 is 1.39. The smallest absolute Gasteiger partial charge is 0.146 e. The zero-order valence-corrected chi connectivity index (χ0v) is 7.94. The summed E-state index contributed by atoms with van der Waals surface area (Å²) in [6.07, 6.45) is 1.43. The monoisotopic (exact) mass is 209 g/mol. The second-order valence-corrected chi connectivity index (χ2v) is 3.19. The lowest BCUT2D eigenvalue weighted by molar-refractivity contribution is 0.470. The maximum absolute atomic E-state index is 9.54. The van der Waals surface area contributed by atoms with Gasteiger partial charge < -0.3 is 10.8 Å². The first-order valence-corrected chi connectivity index (χ1v) is 4.35. The number of aromatic hydroxyl groups is 1. The average molecular weight is 210 g/mol. The summed E-state index contributed by atoms with van der Waals surface area (Å²) in [5, 5.41) is 13.9. The number of anilines is 1. The number of benzene rings is 1. The molecule has 0 saturated heterocycles. The van der Waals surface area contributed by atoms with Crippen LogP contribution in [0, 0.1) is 0 Å². The van der Waals surface area contributed by atoms with Crippen molar-refractivity contribution in [3.63, 3.8) is 0 Å². The van der Waals surface area contributed by atoms with Gasteiger partial charge in [0.1, 0.15) is 22.3 Å². The Hall–Kier alpha value is -1.68. The summed E-state index contributed by atoms with van der Waals surface area (Å²) in [5.41, 5.74) is 6.17. The van der Waals surface area contributed by atoms with Gasteiger partial charge in [-0.15, -0.1) is 0 Å². The summed E-state index contributed by atoms with van der Waals surface area (Å²) in [4.78, 5) is 0. The van der Waals surface area contributed by atoms with Gasteiger partial charge in [-0.25, -0.2) is 4.68 Å². The second-order valence-electron chi connectivity index (χ2n) is 2.78. The average Bonchev–Trinajstić information content (AvgIpc) is 2.49. The summed E-state index contributed by atoms with van der Waals surface area (Å²) in [5.74, 6) is 0.423. The van der Waals surface area contributed by atoms with Crippen molar-refractivity contribution in [2.75, 3.05) is 5.73 Å². The van der Waals surface area contributed by atoms with Crippen molar-refractivity contribution in [2.24, 2.45) is 0 Å². The zero-order valence-electron chi connectivity index (χ0n) is 7.18. The SMILES string of the molecule is Nc1c(Cl)cnn1-c1ccccc1O. The first-order valence-electron chi connectivity index (χ1n) is 3.97. The van der Waals surface area contributed by atoms with E-state index in [9.17, 15) is 5.11 Å². The number of nitrogens with zero attached hydrogens (tertiary/aromatic N) is 2. The molecule has 1 heterocycles. The van der Waals surface area contributed by atoms with Crippen LogP contribution >= 0.6 is 11.6 Å². The fourth-order valence-electron chi connectivity index (χ4n) is 1.17. The van der Waals surface area contributed by atoms with Crippen molar-refractivity contribution in [1.82, 2.24) is 9.78 Å². The molecule has 0 saturated carbocycles. The standard InChI is InChI=1S/C9H8ClN3O/c10-6-5-12-13(9(6)11)7-3-1-2-4-8(7)14/h1-5,14H,11H2. The van der Waals surface area contributed by atoms with Crippen LogP contribution in [0.1, 0.15) is 0 Å². The molecule has 0 fully saturated rings. The first kappa shape index (κ1) is 8.90. The molecule has 1 aromatic carbocycles. The molecule has 1 aromatic heterocycles. The zero-order chi connectivity index (χ0) is 10.1. The highest BCUT2D eigenvalue weighted by Gasteiger charge is 2.09. The van der Waals surface area contributed by atoms with Crippen molar-refractivity contribution in [3.8, 4) is 11.4 Å². The van der Waals surface area contributed by atoms with E-state index in [0.29, 0.717) is 16.5 Å². The minimum absolute atomic E-state index is 0.110. The van der Waals surface area contributed by atoms with Crippen molar-refractivity contribution in [2.45, 2.75) is 0 Å². The molecule has 0 aliphatic heterocycles. The van der Waals surface area contributed by atoms with Crippen molar-refractivity contribution < 1.29 is 5.11 Å². The molecule has 0 atom stereocenters. The van der Waals surface area contributed by atoms with E-state index >= 15 is 0 Å². The number of hydrogen-bond donors (Lipinski definition) is 2. The van der Waals surface area contributed by atoms with Crippen molar-refractivity contribution in [1.29, 1.82) is 0 Å². The molecule has 5 heteroatoms. The van der Waals surface area contributed by atoms with Crippen LogP contribution in [0.25, 0.3) is 5.69 Å². The molecule has 72 valence electrons. The molecule has 0 bridgehead atoms. The molecule has 2 rings (SSSR count). The van der Waals surface area contributed by atoms with Crippen molar-refractivity contribution in [3.05, 3.63) is 35.5 Å². The molecule has 0 spiro atoms. The number of nitrogen functional groups attached to an aromatic ring is 1. The molecule has 0 amide bonds. The summed E-state index contributed by atoms with van der Waals surface area (Å²) in [7, 11) is 0. The number of nitrogens with two attached hydrogens (primary N) is 1. The van der Waals surface area contributed by atoms with Crippen LogP contribution in [0.5, 0.6) is 5.75 Å². The van der Waals surface area contributed by atoms with Crippen LogP contribution in [-0.4, -0.2) is 14.9 Å². The number of halogens is 1. The first-order chi connectivity index (χ1) is 6.70. The summed E-state index contributed by atoms with van der Waals surface area (Å²) in [6.45, 7) is 0. The fourth-order valence-corrected chi connectivity index (χ4v) is 1.30. The van der Waals surface area contributed by atoms with Crippen LogP contribution < -0.4 is 5.73 Å². The van der Waals surface area contributed by atoms with Gasteiger partial charge in [0, 0.05) is 0 Å². The Morgan fingerprint density at radius 2 is 2.07 bits per heavy atom. The number of aromatic nitrogens is 2. The Morgan fingerprint density at radius 3 is 2.64 bits per heavy atom. The lowest BCUT2D eigenvalue weighted by atomic mass is 10.3. The Kier molecular flexibility index (Phi) is 2.05. The number of phenols is 1. The Labute approximate surface area is 85.5 Å². The van der Waals surface area contributed by atoms with E-state index in [1.54, 1.807) is 24.3 Å². The van der Waals surface area contributed by atoms with Crippen LogP contribution in [0.2, 0.25) is 5.02 Å². The third-order valence-corrected chi connectivity index (χ3v) is 2.16. The van der Waals surface area contributed by atoms with Gasteiger partial charge in [0.25, 0.3) is 0 Å². The second kappa shape index (κ2) is 3.23. The number of phenolic OH excluding ortho intramolecular Hbond substituents is 1. The predicted molar refractivity (Wildman–Crippen MR) is 54.7 cm³/mol. The van der Waals surface area contributed by atoms with Gasteiger partial charge in [0.05, 0.1) is 6.20 Å². The Morgan fingerprint density at radius 1 is 1.36 bits per heavy atom. The molecule has 2 aromatic rings. The lowest BCUT2D eigenvalue weighted by Crippen LogP contribution is -2.01. The topological polar surface area (TPSA) is 64.1 Å². The summed E-state index contributed by atoms with van der Waals surface area (Å²) in [6, 6.07) is 6.77. The van der Waals surface area contributed by atoms with E-state index in [-0.39, 0.29) is 5.75 Å². The Bertz CT molecular complexity index is 467. The van der Waals surface area contributed by atoms with Crippen LogP contribution in [0.3, 0.4) is 0 Å². The van der Waals surface area contributed by atoms with Gasteiger partial charge in [-0.2, -0.15) is 5.10 Å². The van der Waals surface area contributed by atoms with E-state index in [1.807, 2.05) is 0 Å². The minimum atomic E-state index is 0.110. The van der Waals surface area contributed by atoms with Gasteiger partial charge in [-0.3, -0.25) is 0 Å². The molecule has 0 aliphatic rings. The number of rotatable bonds is 1. The maximum atomic E-state index is 9.54. The summed E-state index contributed by atoms with van der Waals surface area (Å²) >= 11 is 5.74. The van der Waals surface area contributed by atoms with Crippen LogP contribution in [-0.2, 0) is 0 Å². The van der Waals surface area contributed by atoms with E-state index in [2.05, 4.69) is 5.10 Å². The van der Waals surface area contributed by atoms with Gasteiger partial charge in [-0.05, 0) is 12.1 Å². The fraction of sp³-hybridized carbons (Fsp3) is 0. The quantitative estimate of drug-likeness (QED) is 0.753. The van der Waals surface area contributed by atoms with Crippen LogP contribution in [0.15, 0.2) is 30.5 Å². The third-order valence-electron chi connectivity index (χ3n) is 1.87. The van der Waals surface area contributed by atoms with Gasteiger partial charge in [0.15, 0.2) is 0 Å². The molecule has 0 unspecified atom stereocenters. The molecule has 3 N–H and O–H groups in total. The highest BCUT2D eigenvalue weighted by Crippen LogP contribution is 2.26. The van der Waals surface area contributed by atoms with E-state index in [0.717, 1.165) is 0 Å². The molecule has 0 aliphatic carbocycles. The molecular weight excluding hydrogens is 202 g/mol. The minimum Gasteiger partial charge on any atom is -0.506 e. The Balaban J connectivity index is 2.60. The molecular formula is C9H8ClN3O. The predicted octanol–water partition coefficient (Wildman–Crippen LogP) is 1.81. The third kappa shape index (κ3) is 1.29. The molecule has 0 radical (unpaired) electrons. The lowest BCUT2D eigenvalue weighted by Gasteiger charge is -2.05. The highest BCUT2D eigenvalue weighted by atomic mass is 35.5. The van der Waals surface area contributed by atoms with Gasteiger partial charge >= 0.3 is 0 Å². The molecule has 14 heavy (non-hydrogen) atoms. The largest absolute Gasteiger partial charge is 0.506 e. The van der Waals surface area contributed by atoms with Gasteiger partial charge in [0.2, 0.25) is 0 Å². The number of para-hydroxylation sites is 2. The van der Waals surface area contributed by atoms with E-state index in [1.165, 1.54) is 10.9 Å². The van der Waals surface area contributed by atoms with E-state index < -0.39 is 0 Å². The van der Waals surface area contributed by atoms with Gasteiger partial charge in [-0.1, -0.05) is 23.7 Å². The van der Waals surface area contributed by atoms with E-state index in [4.69, 9.17) is 17.3 Å². The normalized spacial score (nSPS) is 10.4. The maximum Gasteiger partial charge on any atom is 0.146 e. The van der Waals surface area contributed by atoms with Crippen molar-refractivity contribution >= 4 is 17.4 Å². The molecule has 4 nitrogen and oxygen atoms in total.